The first-order valence-electron chi connectivity index (χ1n) is 8.98. The van der Waals surface area contributed by atoms with Crippen LogP contribution in [0.25, 0.3) is 10.9 Å². The minimum Gasteiger partial charge on any atom is -0.468 e. The molecule has 0 aliphatic carbocycles. The molecular formula is C21H21N3O4S. The van der Waals surface area contributed by atoms with Crippen molar-refractivity contribution in [3.05, 3.63) is 65.0 Å². The van der Waals surface area contributed by atoms with E-state index < -0.39 is 11.2 Å². The molecule has 150 valence electrons. The Hall–Kier alpha value is -3.13. The van der Waals surface area contributed by atoms with Crippen LogP contribution in [0.1, 0.15) is 6.92 Å². The van der Waals surface area contributed by atoms with Crippen LogP contribution in [0.4, 0.5) is 5.69 Å². The second-order valence-electron chi connectivity index (χ2n) is 6.37. The lowest BCUT2D eigenvalue weighted by Gasteiger charge is -2.22. The fourth-order valence-corrected chi connectivity index (χ4v) is 3.83. The van der Waals surface area contributed by atoms with Crippen molar-refractivity contribution in [3.63, 3.8) is 0 Å². The van der Waals surface area contributed by atoms with Crippen molar-refractivity contribution in [2.24, 2.45) is 0 Å². The van der Waals surface area contributed by atoms with E-state index in [4.69, 9.17) is 4.74 Å². The van der Waals surface area contributed by atoms with Crippen molar-refractivity contribution in [2.45, 2.75) is 23.9 Å². The first kappa shape index (κ1) is 20.6. The number of hydrogen-bond acceptors (Lipinski definition) is 6. The van der Waals surface area contributed by atoms with Gasteiger partial charge in [-0.1, -0.05) is 42.1 Å². The van der Waals surface area contributed by atoms with Crippen molar-refractivity contribution in [3.8, 4) is 0 Å². The summed E-state index contributed by atoms with van der Waals surface area (Å²) in [6.07, 6.45) is 0. The van der Waals surface area contributed by atoms with E-state index in [1.165, 1.54) is 11.7 Å². The van der Waals surface area contributed by atoms with Gasteiger partial charge in [-0.3, -0.25) is 19.0 Å². The molecule has 3 rings (SSSR count). The molecule has 0 aliphatic heterocycles. The Morgan fingerprint density at radius 2 is 1.79 bits per heavy atom. The predicted octanol–water partition coefficient (Wildman–Crippen LogP) is 2.71. The van der Waals surface area contributed by atoms with E-state index in [-0.39, 0.29) is 18.0 Å². The molecule has 8 heteroatoms. The SMILES string of the molecule is COC(=O)Cn1c(SC(C)C(=O)N(C)c2ccccc2)nc2ccccc2c1=O. The molecule has 3 aromatic rings. The predicted molar refractivity (Wildman–Crippen MR) is 113 cm³/mol. The van der Waals surface area contributed by atoms with Crippen LogP contribution in [0, 0.1) is 0 Å². The van der Waals surface area contributed by atoms with Gasteiger partial charge in [0, 0.05) is 12.7 Å². The summed E-state index contributed by atoms with van der Waals surface area (Å²) in [6, 6.07) is 16.2. The van der Waals surface area contributed by atoms with Crippen molar-refractivity contribution in [1.82, 2.24) is 9.55 Å². The van der Waals surface area contributed by atoms with Gasteiger partial charge in [-0.2, -0.15) is 0 Å². The number of hydrogen-bond donors (Lipinski definition) is 0. The molecule has 1 heterocycles. The first-order valence-corrected chi connectivity index (χ1v) is 9.86. The minimum absolute atomic E-state index is 0.145. The topological polar surface area (TPSA) is 81.5 Å². The van der Waals surface area contributed by atoms with E-state index in [0.717, 1.165) is 17.4 Å². The van der Waals surface area contributed by atoms with Crippen LogP contribution in [-0.4, -0.2) is 40.8 Å². The normalized spacial score (nSPS) is 11.8. The Morgan fingerprint density at radius 3 is 2.48 bits per heavy atom. The molecule has 0 N–H and O–H groups in total. The van der Waals surface area contributed by atoms with Crippen LogP contribution in [0.2, 0.25) is 0 Å². The van der Waals surface area contributed by atoms with Gasteiger partial charge in [0.15, 0.2) is 5.16 Å². The maximum Gasteiger partial charge on any atom is 0.325 e. The summed E-state index contributed by atoms with van der Waals surface area (Å²) in [4.78, 5) is 43.7. The third-order valence-electron chi connectivity index (χ3n) is 4.45. The lowest BCUT2D eigenvalue weighted by Crippen LogP contribution is -2.34. The Labute approximate surface area is 172 Å². The molecule has 0 spiro atoms. The number of carbonyl (C=O) groups is 2. The number of thioether (sulfide) groups is 1. The van der Waals surface area contributed by atoms with E-state index in [1.54, 1.807) is 43.1 Å². The molecule has 29 heavy (non-hydrogen) atoms. The number of anilines is 1. The largest absolute Gasteiger partial charge is 0.468 e. The summed E-state index contributed by atoms with van der Waals surface area (Å²) in [6.45, 7) is 1.47. The number of ether oxygens (including phenoxy) is 1. The summed E-state index contributed by atoms with van der Waals surface area (Å²) in [5.74, 6) is -0.709. The van der Waals surface area contributed by atoms with Crippen molar-refractivity contribution in [1.29, 1.82) is 0 Å². The summed E-state index contributed by atoms with van der Waals surface area (Å²) in [5, 5.41) is 0.166. The average molecular weight is 411 g/mol. The Morgan fingerprint density at radius 1 is 1.14 bits per heavy atom. The smallest absolute Gasteiger partial charge is 0.325 e. The third kappa shape index (κ3) is 4.48. The van der Waals surface area contributed by atoms with Gasteiger partial charge in [-0.15, -0.1) is 0 Å². The summed E-state index contributed by atoms with van der Waals surface area (Å²) >= 11 is 1.14. The summed E-state index contributed by atoms with van der Waals surface area (Å²) in [7, 11) is 2.96. The van der Waals surface area contributed by atoms with Gasteiger partial charge in [0.2, 0.25) is 5.91 Å². The van der Waals surface area contributed by atoms with Gasteiger partial charge < -0.3 is 9.64 Å². The third-order valence-corrected chi connectivity index (χ3v) is 5.52. The molecule has 1 atom stereocenters. The van der Waals surface area contributed by atoms with Gasteiger partial charge in [-0.05, 0) is 31.2 Å². The Bertz CT molecular complexity index is 1100. The Balaban J connectivity index is 1.95. The van der Waals surface area contributed by atoms with Crippen molar-refractivity contribution < 1.29 is 14.3 Å². The number of fused-ring (bicyclic) bond motifs is 1. The molecule has 7 nitrogen and oxygen atoms in total. The van der Waals surface area contributed by atoms with Crippen LogP contribution in [0.5, 0.6) is 0 Å². The Kier molecular flexibility index (Phi) is 6.33. The van der Waals surface area contributed by atoms with E-state index in [2.05, 4.69) is 4.98 Å². The number of aromatic nitrogens is 2. The molecule has 0 bridgehead atoms. The standard InChI is InChI=1S/C21H21N3O4S/c1-14(19(26)23(2)15-9-5-4-6-10-15)29-21-22-17-12-8-7-11-16(17)20(27)24(21)13-18(25)28-3/h4-12,14H,13H2,1-3H3. The van der Waals surface area contributed by atoms with Crippen LogP contribution in [0.15, 0.2) is 64.5 Å². The highest BCUT2D eigenvalue weighted by molar-refractivity contribution is 8.00. The van der Waals surface area contributed by atoms with E-state index >= 15 is 0 Å². The fraction of sp³-hybridized carbons (Fsp3) is 0.238. The number of methoxy groups -OCH3 is 1. The zero-order chi connectivity index (χ0) is 21.0. The summed E-state index contributed by atoms with van der Waals surface area (Å²) in [5.41, 5.74) is 0.931. The molecule has 0 fully saturated rings. The monoisotopic (exact) mass is 411 g/mol. The number of benzene rings is 2. The van der Waals surface area contributed by atoms with Crippen LogP contribution < -0.4 is 10.5 Å². The van der Waals surface area contributed by atoms with E-state index in [1.807, 2.05) is 30.3 Å². The molecule has 1 unspecified atom stereocenters. The second-order valence-corrected chi connectivity index (χ2v) is 7.68. The minimum atomic E-state index is -0.564. The maximum absolute atomic E-state index is 12.9. The number of amides is 1. The lowest BCUT2D eigenvalue weighted by atomic mass is 10.2. The van der Waals surface area contributed by atoms with Crippen LogP contribution in [-0.2, 0) is 20.9 Å². The average Bonchev–Trinajstić information content (AvgIpc) is 2.75. The highest BCUT2D eigenvalue weighted by Gasteiger charge is 2.23. The molecule has 0 saturated heterocycles. The van der Waals surface area contributed by atoms with E-state index in [9.17, 15) is 14.4 Å². The van der Waals surface area contributed by atoms with Gasteiger partial charge >= 0.3 is 5.97 Å². The number of para-hydroxylation sites is 2. The van der Waals surface area contributed by atoms with Crippen molar-refractivity contribution >= 4 is 40.2 Å². The second kappa shape index (κ2) is 8.91. The summed E-state index contributed by atoms with van der Waals surface area (Å²) < 4.78 is 5.97. The van der Waals surface area contributed by atoms with Crippen molar-refractivity contribution in [2.75, 3.05) is 19.1 Å². The zero-order valence-corrected chi connectivity index (χ0v) is 17.2. The highest BCUT2D eigenvalue weighted by atomic mass is 32.2. The van der Waals surface area contributed by atoms with Gasteiger partial charge in [0.25, 0.3) is 5.56 Å². The zero-order valence-electron chi connectivity index (χ0n) is 16.4. The quantitative estimate of drug-likeness (QED) is 0.352. The molecular weight excluding hydrogens is 390 g/mol. The molecule has 0 aliphatic rings. The van der Waals surface area contributed by atoms with E-state index in [0.29, 0.717) is 16.1 Å². The highest BCUT2D eigenvalue weighted by Crippen LogP contribution is 2.25. The molecule has 1 aromatic heterocycles. The van der Waals surface area contributed by atoms with Gasteiger partial charge in [0.05, 0.1) is 23.3 Å². The van der Waals surface area contributed by atoms with Crippen LogP contribution >= 0.6 is 11.8 Å². The number of esters is 1. The number of nitrogens with zero attached hydrogens (tertiary/aromatic N) is 3. The first-order chi connectivity index (χ1) is 13.9. The van der Waals surface area contributed by atoms with Gasteiger partial charge in [0.1, 0.15) is 6.54 Å². The molecule has 2 aromatic carbocycles. The maximum atomic E-state index is 12.9. The van der Waals surface area contributed by atoms with Crippen LogP contribution in [0.3, 0.4) is 0 Å². The van der Waals surface area contributed by atoms with Gasteiger partial charge in [-0.25, -0.2) is 4.98 Å². The molecule has 1 amide bonds. The lowest BCUT2D eigenvalue weighted by molar-refractivity contribution is -0.141. The molecule has 0 saturated carbocycles. The molecule has 0 radical (unpaired) electrons. The number of rotatable bonds is 6. The fourth-order valence-electron chi connectivity index (χ4n) is 2.83. The number of carbonyl (C=O) groups excluding carboxylic acids is 2.